The summed E-state index contributed by atoms with van der Waals surface area (Å²) < 4.78 is 0. The van der Waals surface area contributed by atoms with E-state index in [1.165, 1.54) is 5.56 Å². The molecule has 2 aliphatic heterocycles. The van der Waals surface area contributed by atoms with Crippen molar-refractivity contribution < 1.29 is 4.79 Å². The van der Waals surface area contributed by atoms with Crippen molar-refractivity contribution in [2.75, 3.05) is 13.1 Å². The molecule has 3 nitrogen and oxygen atoms in total. The molecule has 0 spiro atoms. The van der Waals surface area contributed by atoms with Gasteiger partial charge in [0.25, 0.3) is 0 Å². The van der Waals surface area contributed by atoms with Gasteiger partial charge in [-0.1, -0.05) is 30.3 Å². The van der Waals surface area contributed by atoms with E-state index < -0.39 is 0 Å². The highest BCUT2D eigenvalue weighted by Gasteiger charge is 2.49. The number of carbonyl (C=O) groups is 1. The van der Waals surface area contributed by atoms with E-state index >= 15 is 0 Å². The van der Waals surface area contributed by atoms with Gasteiger partial charge in [0, 0.05) is 19.5 Å². The molecule has 1 N–H and O–H groups in total. The fourth-order valence-electron chi connectivity index (χ4n) is 2.76. The smallest absolute Gasteiger partial charge is 0.224 e. The summed E-state index contributed by atoms with van der Waals surface area (Å²) in [6, 6.07) is 10.3. The molecule has 1 aromatic carbocycles. The fourth-order valence-corrected chi connectivity index (χ4v) is 2.76. The van der Waals surface area contributed by atoms with Crippen LogP contribution in [-0.4, -0.2) is 23.9 Å². The lowest BCUT2D eigenvalue weighted by Crippen LogP contribution is -2.45. The molecular formula is C12H14N2O. The van der Waals surface area contributed by atoms with Crippen molar-refractivity contribution in [2.45, 2.75) is 18.5 Å². The number of amides is 1. The minimum atomic E-state index is -0.196. The summed E-state index contributed by atoms with van der Waals surface area (Å²) >= 11 is 0. The molecule has 2 heterocycles. The molecular weight excluding hydrogens is 188 g/mol. The highest BCUT2D eigenvalue weighted by atomic mass is 16.2. The zero-order valence-corrected chi connectivity index (χ0v) is 8.57. The van der Waals surface area contributed by atoms with Gasteiger partial charge in [0.2, 0.25) is 5.91 Å². The highest BCUT2D eigenvalue weighted by molar-refractivity contribution is 5.80. The van der Waals surface area contributed by atoms with E-state index in [9.17, 15) is 4.79 Å². The predicted molar refractivity (Wildman–Crippen MR) is 57.1 cm³/mol. The van der Waals surface area contributed by atoms with Crippen LogP contribution in [0.2, 0.25) is 0 Å². The van der Waals surface area contributed by atoms with Gasteiger partial charge in [-0.2, -0.15) is 0 Å². The van der Waals surface area contributed by atoms with Crippen LogP contribution in [0, 0.1) is 0 Å². The van der Waals surface area contributed by atoms with Crippen molar-refractivity contribution in [1.82, 2.24) is 10.2 Å². The molecule has 2 fully saturated rings. The van der Waals surface area contributed by atoms with E-state index in [1.807, 2.05) is 23.1 Å². The van der Waals surface area contributed by atoms with Crippen LogP contribution < -0.4 is 5.32 Å². The first-order valence-electron chi connectivity index (χ1n) is 5.44. The molecule has 3 rings (SSSR count). The molecule has 0 radical (unpaired) electrons. The summed E-state index contributed by atoms with van der Waals surface area (Å²) in [4.78, 5) is 13.7. The van der Waals surface area contributed by atoms with Crippen molar-refractivity contribution in [1.29, 1.82) is 0 Å². The van der Waals surface area contributed by atoms with Crippen LogP contribution in [0.4, 0.5) is 0 Å². The zero-order chi connectivity index (χ0) is 10.3. The Morgan fingerprint density at radius 2 is 2.07 bits per heavy atom. The van der Waals surface area contributed by atoms with Gasteiger partial charge in [-0.3, -0.25) is 10.1 Å². The number of nitrogens with zero attached hydrogens (tertiary/aromatic N) is 1. The molecule has 0 bridgehead atoms. The molecule has 78 valence electrons. The Morgan fingerprint density at radius 1 is 1.27 bits per heavy atom. The fraction of sp³-hybridized carbons (Fsp3) is 0.417. The average Bonchev–Trinajstić information content (AvgIpc) is 2.83. The molecule has 1 amide bonds. The van der Waals surface area contributed by atoms with Gasteiger partial charge in [-0.25, -0.2) is 0 Å². The Morgan fingerprint density at radius 3 is 2.87 bits per heavy atom. The number of rotatable bonds is 1. The maximum Gasteiger partial charge on any atom is 0.224 e. The van der Waals surface area contributed by atoms with Gasteiger partial charge in [-0.15, -0.1) is 0 Å². The van der Waals surface area contributed by atoms with Crippen LogP contribution in [0.15, 0.2) is 30.3 Å². The highest BCUT2D eigenvalue weighted by Crippen LogP contribution is 2.39. The van der Waals surface area contributed by atoms with E-state index in [1.54, 1.807) is 0 Å². The van der Waals surface area contributed by atoms with Crippen LogP contribution in [0.25, 0.3) is 0 Å². The molecule has 2 saturated heterocycles. The normalized spacial score (nSPS) is 29.6. The second-order valence-corrected chi connectivity index (χ2v) is 4.20. The first-order chi connectivity index (χ1) is 7.33. The Labute approximate surface area is 89.1 Å². The number of nitrogens with one attached hydrogen (secondary N) is 1. The van der Waals surface area contributed by atoms with Crippen molar-refractivity contribution in [3.8, 4) is 0 Å². The molecule has 0 saturated carbocycles. The minimum absolute atomic E-state index is 0.196. The average molecular weight is 202 g/mol. The number of fused-ring (bicyclic) bond motifs is 1. The molecule has 1 atom stereocenters. The molecule has 1 aromatic rings. The molecule has 2 aliphatic rings. The third kappa shape index (κ3) is 1.13. The Bertz CT molecular complexity index is 390. The summed E-state index contributed by atoms with van der Waals surface area (Å²) in [5.41, 5.74) is 1.02. The second-order valence-electron chi connectivity index (χ2n) is 4.20. The number of benzene rings is 1. The van der Waals surface area contributed by atoms with E-state index in [4.69, 9.17) is 0 Å². The molecule has 0 unspecified atom stereocenters. The third-order valence-corrected chi connectivity index (χ3v) is 3.47. The van der Waals surface area contributed by atoms with Gasteiger partial charge in [-0.05, 0) is 12.0 Å². The lowest BCUT2D eigenvalue weighted by atomic mass is 9.98. The van der Waals surface area contributed by atoms with Crippen LogP contribution in [0.5, 0.6) is 0 Å². The molecule has 0 aromatic heterocycles. The summed E-state index contributed by atoms with van der Waals surface area (Å²) in [6.45, 7) is 1.74. The zero-order valence-electron chi connectivity index (χ0n) is 8.57. The second kappa shape index (κ2) is 3.07. The summed E-state index contributed by atoms with van der Waals surface area (Å²) in [5.74, 6) is 0.281. The standard InChI is InChI=1S/C12H14N2O/c15-11-6-7-12(13-8-9-14(11)12)10-4-2-1-3-5-10/h1-5,13H,6-9H2/t12-/m0/s1. The van der Waals surface area contributed by atoms with Crippen LogP contribution in [-0.2, 0) is 10.5 Å². The van der Waals surface area contributed by atoms with Crippen LogP contribution >= 0.6 is 0 Å². The first-order valence-corrected chi connectivity index (χ1v) is 5.44. The van der Waals surface area contributed by atoms with Crippen LogP contribution in [0.3, 0.4) is 0 Å². The van der Waals surface area contributed by atoms with E-state index in [0.29, 0.717) is 6.42 Å². The van der Waals surface area contributed by atoms with Gasteiger partial charge in [0.15, 0.2) is 0 Å². The maximum absolute atomic E-state index is 11.7. The largest absolute Gasteiger partial charge is 0.319 e. The van der Waals surface area contributed by atoms with Crippen molar-refractivity contribution >= 4 is 5.91 Å². The van der Waals surface area contributed by atoms with E-state index in [2.05, 4.69) is 17.4 Å². The number of hydrogen-bond donors (Lipinski definition) is 1. The van der Waals surface area contributed by atoms with Crippen molar-refractivity contribution in [3.05, 3.63) is 35.9 Å². The number of hydrogen-bond acceptors (Lipinski definition) is 2. The van der Waals surface area contributed by atoms with Crippen molar-refractivity contribution in [2.24, 2.45) is 0 Å². The van der Waals surface area contributed by atoms with E-state index in [-0.39, 0.29) is 11.6 Å². The molecule has 15 heavy (non-hydrogen) atoms. The summed E-state index contributed by atoms with van der Waals surface area (Å²) in [7, 11) is 0. The Hall–Kier alpha value is -1.35. The van der Waals surface area contributed by atoms with Gasteiger partial charge < -0.3 is 4.90 Å². The van der Waals surface area contributed by atoms with Gasteiger partial charge in [0.05, 0.1) is 0 Å². The quantitative estimate of drug-likeness (QED) is 0.738. The van der Waals surface area contributed by atoms with Crippen molar-refractivity contribution in [3.63, 3.8) is 0 Å². The lowest BCUT2D eigenvalue weighted by molar-refractivity contribution is -0.130. The maximum atomic E-state index is 11.7. The van der Waals surface area contributed by atoms with Gasteiger partial charge in [0.1, 0.15) is 5.66 Å². The van der Waals surface area contributed by atoms with Gasteiger partial charge >= 0.3 is 0 Å². The SMILES string of the molecule is O=C1CC[C@]2(c3ccccc3)NCCN12. The van der Waals surface area contributed by atoms with E-state index in [0.717, 1.165) is 19.5 Å². The number of carbonyl (C=O) groups excluding carboxylic acids is 1. The minimum Gasteiger partial charge on any atom is -0.319 e. The predicted octanol–water partition coefficient (Wildman–Crippen LogP) is 1.06. The Balaban J connectivity index is 2.06. The molecule has 3 heteroatoms. The topological polar surface area (TPSA) is 32.3 Å². The van der Waals surface area contributed by atoms with Crippen LogP contribution in [0.1, 0.15) is 18.4 Å². The summed E-state index contributed by atoms with van der Waals surface area (Å²) in [6.07, 6.45) is 1.57. The summed E-state index contributed by atoms with van der Waals surface area (Å²) in [5, 5.41) is 3.48. The monoisotopic (exact) mass is 202 g/mol. The Kier molecular flexibility index (Phi) is 1.83. The lowest BCUT2D eigenvalue weighted by Gasteiger charge is -2.32. The molecule has 0 aliphatic carbocycles. The third-order valence-electron chi connectivity index (χ3n) is 3.47. The first kappa shape index (κ1) is 8.92.